The van der Waals surface area contributed by atoms with Gasteiger partial charge in [-0.25, -0.2) is 4.79 Å². The van der Waals surface area contributed by atoms with Crippen LogP contribution in [0.5, 0.6) is 0 Å². The van der Waals surface area contributed by atoms with Crippen LogP contribution in [0.1, 0.15) is 44.5 Å². The summed E-state index contributed by atoms with van der Waals surface area (Å²) in [7, 11) is 0. The lowest BCUT2D eigenvalue weighted by Crippen LogP contribution is -2.42. The molecule has 28 heavy (non-hydrogen) atoms. The summed E-state index contributed by atoms with van der Waals surface area (Å²) < 4.78 is 1.49. The van der Waals surface area contributed by atoms with E-state index in [9.17, 15) is 24.3 Å². The Bertz CT molecular complexity index is 784. The zero-order chi connectivity index (χ0) is 21.8. The van der Waals surface area contributed by atoms with Gasteiger partial charge in [0.2, 0.25) is 11.8 Å². The molecule has 0 bridgehead atoms. The van der Waals surface area contributed by atoms with Gasteiger partial charge in [-0.1, -0.05) is 13.8 Å². The van der Waals surface area contributed by atoms with Crippen LogP contribution in [0.2, 0.25) is 0 Å². The summed E-state index contributed by atoms with van der Waals surface area (Å²) in [5, 5.41) is 17.3. The number of carboxylic acid groups (broad SMARTS) is 1. The van der Waals surface area contributed by atoms with Crippen molar-refractivity contribution in [3.05, 3.63) is 16.3 Å². The molecule has 0 saturated heterocycles. The first-order valence-electron chi connectivity index (χ1n) is 8.16. The fourth-order valence-electron chi connectivity index (χ4n) is 2.36. The zero-order valence-corrected chi connectivity index (χ0v) is 22.0. The molecule has 1 atom stereocenters. The molecule has 0 unspecified atom stereocenters. The molecule has 0 radical (unpaired) electrons. The number of carbonyl (C=O) groups excluding carboxylic acids is 3. The molecule has 1 aromatic carbocycles. The Hall–Kier alpha value is -0.710. The molecule has 0 aliphatic heterocycles. The van der Waals surface area contributed by atoms with Crippen LogP contribution in [0.15, 0.2) is 0 Å². The molecule has 0 aliphatic rings. The molecule has 0 aliphatic carbocycles. The molecule has 8 nitrogen and oxygen atoms in total. The molecule has 0 spiro atoms. The third kappa shape index (κ3) is 6.67. The summed E-state index contributed by atoms with van der Waals surface area (Å²) >= 11 is 5.86. The second-order valence-electron chi connectivity index (χ2n) is 6.42. The van der Waals surface area contributed by atoms with Crippen molar-refractivity contribution in [2.75, 3.05) is 10.6 Å². The summed E-state index contributed by atoms with van der Waals surface area (Å²) in [5.74, 6) is -2.31. The maximum Gasteiger partial charge on any atom is 0.326 e. The van der Waals surface area contributed by atoms with E-state index in [1.165, 1.54) is 13.8 Å². The molecular weight excluding hydrogens is 707 g/mol. The van der Waals surface area contributed by atoms with Crippen molar-refractivity contribution < 1.29 is 24.3 Å². The molecule has 11 heteroatoms. The Morgan fingerprint density at radius 2 is 1.32 bits per heavy atom. The summed E-state index contributed by atoms with van der Waals surface area (Å²) in [4.78, 5) is 47.7. The van der Waals surface area contributed by atoms with Gasteiger partial charge in [-0.05, 0) is 80.1 Å². The van der Waals surface area contributed by atoms with E-state index in [0.717, 1.165) is 0 Å². The van der Waals surface area contributed by atoms with Crippen LogP contribution in [-0.2, 0) is 14.4 Å². The summed E-state index contributed by atoms with van der Waals surface area (Å²) in [6, 6.07) is -1.05. The fraction of sp³-hybridized carbons (Fsp3) is 0.412. The highest BCUT2D eigenvalue weighted by Gasteiger charge is 2.28. The number of amides is 3. The van der Waals surface area contributed by atoms with E-state index in [2.05, 4.69) is 16.0 Å². The lowest BCUT2D eigenvalue weighted by Gasteiger charge is -2.21. The van der Waals surface area contributed by atoms with Gasteiger partial charge in [-0.15, -0.1) is 0 Å². The van der Waals surface area contributed by atoms with E-state index in [1.54, 1.807) is 0 Å². The smallest absolute Gasteiger partial charge is 0.326 e. The van der Waals surface area contributed by atoms with Crippen LogP contribution >= 0.6 is 67.8 Å². The van der Waals surface area contributed by atoms with Crippen LogP contribution in [0, 0.1) is 16.6 Å². The van der Waals surface area contributed by atoms with Crippen molar-refractivity contribution >= 4 is 103 Å². The second-order valence-corrected chi connectivity index (χ2v) is 9.66. The molecule has 3 amide bonds. The normalized spacial score (nSPS) is 11.7. The lowest BCUT2D eigenvalue weighted by atomic mass is 10.0. The highest BCUT2D eigenvalue weighted by atomic mass is 127. The standard InChI is InChI=1S/C17H20I3N3O5/c1-6(2)5-9(17(27)28)23-16(26)10-11(18)14(21-7(3)24)13(20)15(12(10)19)22-8(4)25/h6,9H,5H2,1-4H3,(H,21,24)(H,22,25)(H,23,26)(H,27,28)/t9-/m0/s1. The Kier molecular flexibility index (Phi) is 9.85. The number of anilines is 2. The van der Waals surface area contributed by atoms with Gasteiger partial charge in [0.25, 0.3) is 5.91 Å². The van der Waals surface area contributed by atoms with Gasteiger partial charge >= 0.3 is 5.97 Å². The largest absolute Gasteiger partial charge is 0.480 e. The van der Waals surface area contributed by atoms with E-state index in [0.29, 0.717) is 22.1 Å². The highest BCUT2D eigenvalue weighted by molar-refractivity contribution is 14.1. The van der Waals surface area contributed by atoms with Crippen molar-refractivity contribution in [2.24, 2.45) is 5.92 Å². The van der Waals surface area contributed by atoms with Crippen LogP contribution in [0.3, 0.4) is 0 Å². The van der Waals surface area contributed by atoms with E-state index in [-0.39, 0.29) is 29.7 Å². The SMILES string of the molecule is CC(=O)Nc1c(I)c(NC(C)=O)c(I)c(C(=O)N[C@@H](CC(C)C)C(=O)O)c1I. The predicted octanol–water partition coefficient (Wildman–Crippen LogP) is 3.65. The quantitative estimate of drug-likeness (QED) is 0.320. The molecule has 0 fully saturated rings. The van der Waals surface area contributed by atoms with Gasteiger partial charge in [-0.2, -0.15) is 0 Å². The van der Waals surface area contributed by atoms with Crippen LogP contribution < -0.4 is 16.0 Å². The third-order valence-corrected chi connectivity index (χ3v) is 6.69. The fourth-order valence-corrected chi connectivity index (χ4v) is 6.55. The Labute approximate surface area is 203 Å². The molecule has 0 saturated carbocycles. The van der Waals surface area contributed by atoms with Crippen LogP contribution in [-0.4, -0.2) is 34.8 Å². The van der Waals surface area contributed by atoms with Gasteiger partial charge in [0.1, 0.15) is 6.04 Å². The van der Waals surface area contributed by atoms with Crippen molar-refractivity contribution in [1.82, 2.24) is 5.32 Å². The molecule has 0 aromatic heterocycles. The van der Waals surface area contributed by atoms with Crippen LogP contribution in [0.4, 0.5) is 11.4 Å². The number of aliphatic carboxylic acids is 1. The van der Waals surface area contributed by atoms with Gasteiger partial charge in [0.05, 0.1) is 27.6 Å². The Morgan fingerprint density at radius 3 is 1.64 bits per heavy atom. The van der Waals surface area contributed by atoms with Gasteiger partial charge in [-0.3, -0.25) is 14.4 Å². The molecule has 154 valence electrons. The number of benzene rings is 1. The van der Waals surface area contributed by atoms with Gasteiger partial charge < -0.3 is 21.1 Å². The molecule has 4 N–H and O–H groups in total. The van der Waals surface area contributed by atoms with E-state index >= 15 is 0 Å². The van der Waals surface area contributed by atoms with Crippen molar-refractivity contribution in [3.63, 3.8) is 0 Å². The number of halogens is 3. The topological polar surface area (TPSA) is 125 Å². The van der Waals surface area contributed by atoms with Gasteiger partial charge in [0.15, 0.2) is 0 Å². The number of nitrogens with one attached hydrogen (secondary N) is 3. The maximum absolute atomic E-state index is 13.0. The average Bonchev–Trinajstić information content (AvgIpc) is 2.54. The summed E-state index contributed by atoms with van der Waals surface area (Å²) in [6.45, 7) is 6.41. The second kappa shape index (κ2) is 10.9. The minimum Gasteiger partial charge on any atom is -0.480 e. The minimum atomic E-state index is -1.12. The monoisotopic (exact) mass is 727 g/mol. The number of hydrogen-bond donors (Lipinski definition) is 4. The summed E-state index contributed by atoms with van der Waals surface area (Å²) in [5.41, 5.74) is 0.974. The molecule has 1 rings (SSSR count). The average molecular weight is 727 g/mol. The van der Waals surface area contributed by atoms with E-state index in [4.69, 9.17) is 0 Å². The molecular formula is C17H20I3N3O5. The number of hydrogen-bond acceptors (Lipinski definition) is 4. The van der Waals surface area contributed by atoms with Gasteiger partial charge in [0, 0.05) is 13.8 Å². The lowest BCUT2D eigenvalue weighted by molar-refractivity contribution is -0.139. The molecule has 0 heterocycles. The zero-order valence-electron chi connectivity index (χ0n) is 15.6. The van der Waals surface area contributed by atoms with Crippen LogP contribution in [0.25, 0.3) is 0 Å². The first-order chi connectivity index (χ1) is 12.9. The minimum absolute atomic E-state index is 0.0705. The highest BCUT2D eigenvalue weighted by Crippen LogP contribution is 2.39. The Morgan fingerprint density at radius 1 is 0.893 bits per heavy atom. The number of rotatable bonds is 7. The first kappa shape index (κ1) is 25.3. The first-order valence-corrected chi connectivity index (χ1v) is 11.4. The van der Waals surface area contributed by atoms with Crippen molar-refractivity contribution in [1.29, 1.82) is 0 Å². The van der Waals surface area contributed by atoms with E-state index in [1.807, 2.05) is 81.6 Å². The van der Waals surface area contributed by atoms with Crippen molar-refractivity contribution in [2.45, 2.75) is 40.2 Å². The van der Waals surface area contributed by atoms with E-state index < -0.39 is 17.9 Å². The molecule has 1 aromatic rings. The Balaban J connectivity index is 3.54. The predicted molar refractivity (Wildman–Crippen MR) is 132 cm³/mol. The maximum atomic E-state index is 13.0. The number of carboxylic acids is 1. The number of carbonyl (C=O) groups is 4. The third-order valence-electron chi connectivity index (χ3n) is 3.46. The summed E-state index contributed by atoms with van der Waals surface area (Å²) in [6.07, 6.45) is 0.274. The van der Waals surface area contributed by atoms with Crippen molar-refractivity contribution in [3.8, 4) is 0 Å².